The highest BCUT2D eigenvalue weighted by Gasteiger charge is 2.53. The Hall–Kier alpha value is -2.70. The Kier molecular flexibility index (Phi) is 4.91. The molecule has 0 radical (unpaired) electrons. The van der Waals surface area contributed by atoms with Crippen LogP contribution < -0.4 is 0 Å². The number of ether oxygens (including phenoxy) is 1. The van der Waals surface area contributed by atoms with Crippen LogP contribution in [-0.2, 0) is 9.53 Å². The van der Waals surface area contributed by atoms with Crippen molar-refractivity contribution in [3.8, 4) is 11.1 Å². The molecule has 2 heterocycles. The second kappa shape index (κ2) is 7.37. The highest BCUT2D eigenvalue weighted by Crippen LogP contribution is 2.38. The van der Waals surface area contributed by atoms with Crippen LogP contribution >= 0.6 is 0 Å². The van der Waals surface area contributed by atoms with Gasteiger partial charge in [0, 0.05) is 31.5 Å². The van der Waals surface area contributed by atoms with Crippen molar-refractivity contribution in [2.75, 3.05) is 26.7 Å². The number of rotatable bonds is 3. The van der Waals surface area contributed by atoms with Gasteiger partial charge in [0.05, 0.1) is 6.61 Å². The summed E-state index contributed by atoms with van der Waals surface area (Å²) in [6, 6.07) is 16.3. The van der Waals surface area contributed by atoms with Gasteiger partial charge in [0.15, 0.2) is 6.04 Å². The second-order valence-electron chi connectivity index (χ2n) is 7.53. The SMILES string of the molecule is CN1CCC2(CC1)OC[C@H](C(=O)O)N2C(=O)c1ccc(-c2ccccc2)cc1. The number of piperidine rings is 1. The number of carbonyl (C=O) groups is 2. The van der Waals surface area contributed by atoms with Crippen molar-refractivity contribution in [2.45, 2.75) is 24.6 Å². The maximum atomic E-state index is 13.3. The molecule has 1 amide bonds. The van der Waals surface area contributed by atoms with E-state index in [2.05, 4.69) is 4.90 Å². The molecule has 0 bridgehead atoms. The van der Waals surface area contributed by atoms with Crippen molar-refractivity contribution >= 4 is 11.9 Å². The maximum absolute atomic E-state index is 13.3. The molecular weight excluding hydrogens is 356 g/mol. The number of hydrogen-bond acceptors (Lipinski definition) is 4. The molecule has 0 aromatic heterocycles. The maximum Gasteiger partial charge on any atom is 0.328 e. The van der Waals surface area contributed by atoms with Gasteiger partial charge >= 0.3 is 5.97 Å². The quantitative estimate of drug-likeness (QED) is 0.887. The van der Waals surface area contributed by atoms with Crippen LogP contribution in [0.2, 0.25) is 0 Å². The van der Waals surface area contributed by atoms with E-state index in [9.17, 15) is 14.7 Å². The Morgan fingerprint density at radius 1 is 1.00 bits per heavy atom. The third kappa shape index (κ3) is 3.30. The molecule has 1 N–H and O–H groups in total. The third-order valence-electron chi connectivity index (χ3n) is 5.77. The standard InChI is InChI=1S/C22H24N2O4/c1-23-13-11-22(12-14-23)24(19(15-28-22)21(26)27)20(25)18-9-7-17(8-10-18)16-5-3-2-4-6-16/h2-10,19H,11-15H2,1H3,(H,26,27)/t19-/m1/s1. The molecule has 0 aliphatic carbocycles. The van der Waals surface area contributed by atoms with Gasteiger partial charge in [0.25, 0.3) is 5.91 Å². The monoisotopic (exact) mass is 380 g/mol. The molecule has 2 fully saturated rings. The number of hydrogen-bond donors (Lipinski definition) is 1. The largest absolute Gasteiger partial charge is 0.480 e. The minimum atomic E-state index is -1.02. The molecule has 4 rings (SSSR count). The summed E-state index contributed by atoms with van der Waals surface area (Å²) in [6.07, 6.45) is 1.22. The smallest absolute Gasteiger partial charge is 0.328 e. The first kappa shape index (κ1) is 18.7. The van der Waals surface area contributed by atoms with E-state index < -0.39 is 17.7 Å². The minimum Gasteiger partial charge on any atom is -0.480 e. The van der Waals surface area contributed by atoms with Crippen molar-refractivity contribution in [3.05, 3.63) is 60.2 Å². The number of likely N-dealkylation sites (tertiary alicyclic amines) is 1. The molecule has 2 aliphatic rings. The zero-order valence-corrected chi connectivity index (χ0v) is 15.9. The zero-order valence-electron chi connectivity index (χ0n) is 15.9. The molecule has 146 valence electrons. The van der Waals surface area contributed by atoms with Crippen LogP contribution in [-0.4, -0.2) is 65.3 Å². The summed E-state index contributed by atoms with van der Waals surface area (Å²) in [5, 5.41) is 9.65. The van der Waals surface area contributed by atoms with Gasteiger partial charge in [0.1, 0.15) is 5.72 Å². The fraction of sp³-hybridized carbons (Fsp3) is 0.364. The number of amides is 1. The van der Waals surface area contributed by atoms with Gasteiger partial charge in [-0.2, -0.15) is 0 Å². The molecule has 0 saturated carbocycles. The van der Waals surface area contributed by atoms with Crippen molar-refractivity contribution in [3.63, 3.8) is 0 Å². The molecule has 1 atom stereocenters. The molecule has 2 saturated heterocycles. The van der Waals surface area contributed by atoms with Gasteiger partial charge in [-0.15, -0.1) is 0 Å². The average Bonchev–Trinajstić information content (AvgIpc) is 3.10. The van der Waals surface area contributed by atoms with Crippen LogP contribution in [0.25, 0.3) is 11.1 Å². The van der Waals surface area contributed by atoms with Crippen LogP contribution in [0.4, 0.5) is 0 Å². The molecular formula is C22H24N2O4. The summed E-state index contributed by atoms with van der Waals surface area (Å²) in [4.78, 5) is 28.8. The number of aliphatic carboxylic acids is 1. The van der Waals surface area contributed by atoms with Gasteiger partial charge in [-0.25, -0.2) is 4.79 Å². The number of carboxylic acids is 1. The highest BCUT2D eigenvalue weighted by atomic mass is 16.5. The van der Waals surface area contributed by atoms with Gasteiger partial charge in [0.2, 0.25) is 0 Å². The average molecular weight is 380 g/mol. The molecule has 2 aromatic rings. The van der Waals surface area contributed by atoms with E-state index in [0.717, 1.165) is 24.2 Å². The summed E-state index contributed by atoms with van der Waals surface area (Å²) in [7, 11) is 2.02. The van der Waals surface area contributed by atoms with E-state index in [0.29, 0.717) is 18.4 Å². The van der Waals surface area contributed by atoms with Gasteiger partial charge in [-0.05, 0) is 30.3 Å². The van der Waals surface area contributed by atoms with Crippen molar-refractivity contribution in [1.82, 2.24) is 9.80 Å². The summed E-state index contributed by atoms with van der Waals surface area (Å²) in [5.41, 5.74) is 1.74. The normalized spacial score (nSPS) is 21.8. The topological polar surface area (TPSA) is 70.1 Å². The first-order chi connectivity index (χ1) is 13.5. The third-order valence-corrected chi connectivity index (χ3v) is 5.77. The highest BCUT2D eigenvalue weighted by molar-refractivity contribution is 5.97. The van der Waals surface area contributed by atoms with E-state index in [1.165, 1.54) is 4.90 Å². The van der Waals surface area contributed by atoms with Crippen molar-refractivity contribution in [1.29, 1.82) is 0 Å². The van der Waals surface area contributed by atoms with Crippen LogP contribution in [0.15, 0.2) is 54.6 Å². The van der Waals surface area contributed by atoms with Crippen LogP contribution in [0, 0.1) is 0 Å². The summed E-state index contributed by atoms with van der Waals surface area (Å²) in [5.74, 6) is -1.31. The number of benzene rings is 2. The second-order valence-corrected chi connectivity index (χ2v) is 7.53. The van der Waals surface area contributed by atoms with Crippen molar-refractivity contribution < 1.29 is 19.4 Å². The van der Waals surface area contributed by atoms with E-state index in [-0.39, 0.29) is 12.5 Å². The van der Waals surface area contributed by atoms with E-state index in [1.807, 2.05) is 49.5 Å². The van der Waals surface area contributed by atoms with Gasteiger partial charge < -0.3 is 14.7 Å². The predicted molar refractivity (Wildman–Crippen MR) is 105 cm³/mol. The van der Waals surface area contributed by atoms with E-state index in [1.54, 1.807) is 12.1 Å². The Morgan fingerprint density at radius 3 is 2.21 bits per heavy atom. The number of carbonyl (C=O) groups excluding carboxylic acids is 1. The Bertz CT molecular complexity index is 858. The summed E-state index contributed by atoms with van der Waals surface area (Å²) in [6.45, 7) is 1.57. The lowest BCUT2D eigenvalue weighted by molar-refractivity contribution is -0.143. The van der Waals surface area contributed by atoms with Crippen LogP contribution in [0.5, 0.6) is 0 Å². The molecule has 0 unspecified atom stereocenters. The molecule has 2 aromatic carbocycles. The minimum absolute atomic E-state index is 0.0346. The lowest BCUT2D eigenvalue weighted by atomic mass is 9.96. The molecule has 1 spiro atoms. The first-order valence-electron chi connectivity index (χ1n) is 9.55. The summed E-state index contributed by atoms with van der Waals surface area (Å²) >= 11 is 0. The summed E-state index contributed by atoms with van der Waals surface area (Å²) < 4.78 is 5.95. The fourth-order valence-electron chi connectivity index (χ4n) is 4.10. The van der Waals surface area contributed by atoms with E-state index in [4.69, 9.17) is 4.74 Å². The molecule has 6 heteroatoms. The van der Waals surface area contributed by atoms with Gasteiger partial charge in [-0.3, -0.25) is 9.69 Å². The predicted octanol–water partition coefficient (Wildman–Crippen LogP) is 2.70. The Labute approximate surface area is 164 Å². The fourth-order valence-corrected chi connectivity index (χ4v) is 4.10. The molecule has 2 aliphatic heterocycles. The van der Waals surface area contributed by atoms with Crippen molar-refractivity contribution in [2.24, 2.45) is 0 Å². The zero-order chi connectivity index (χ0) is 19.7. The number of carboxylic acid groups (broad SMARTS) is 1. The molecule has 6 nitrogen and oxygen atoms in total. The van der Waals surface area contributed by atoms with Gasteiger partial charge in [-0.1, -0.05) is 42.5 Å². The number of nitrogens with zero attached hydrogens (tertiary/aromatic N) is 2. The Morgan fingerprint density at radius 2 is 1.61 bits per heavy atom. The lowest BCUT2D eigenvalue weighted by Crippen LogP contribution is -2.57. The molecule has 28 heavy (non-hydrogen) atoms. The Balaban J connectivity index is 1.63. The van der Waals surface area contributed by atoms with Crippen LogP contribution in [0.3, 0.4) is 0 Å². The first-order valence-corrected chi connectivity index (χ1v) is 9.55. The lowest BCUT2D eigenvalue weighted by Gasteiger charge is -2.43. The van der Waals surface area contributed by atoms with Crippen LogP contribution in [0.1, 0.15) is 23.2 Å². The van der Waals surface area contributed by atoms with E-state index >= 15 is 0 Å².